The number of rotatable bonds is 4. The number of aromatic nitrogens is 2. The number of aromatic hydroxyl groups is 1. The minimum Gasteiger partial charge on any atom is -0.503 e. The average molecular weight is 391 g/mol. The Kier molecular flexibility index (Phi) is 4.58. The van der Waals surface area contributed by atoms with Crippen molar-refractivity contribution in [3.63, 3.8) is 0 Å². The molecule has 5 nitrogen and oxygen atoms in total. The molecule has 6 heteroatoms. The molecule has 0 radical (unpaired) electrons. The maximum Gasteiger partial charge on any atom is 0.252 e. The molecule has 0 bridgehead atoms. The van der Waals surface area contributed by atoms with Gasteiger partial charge in [-0.1, -0.05) is 40.9 Å². The number of nitrogens with zero attached hydrogens (tertiary/aromatic N) is 2. The number of hydrogen-bond acceptors (Lipinski definition) is 4. The van der Waals surface area contributed by atoms with Crippen molar-refractivity contribution in [2.75, 3.05) is 0 Å². The molecule has 1 aromatic carbocycles. The van der Waals surface area contributed by atoms with Gasteiger partial charge >= 0.3 is 0 Å². The fourth-order valence-corrected chi connectivity index (χ4v) is 3.95. The van der Waals surface area contributed by atoms with Crippen molar-refractivity contribution in [2.24, 2.45) is 0 Å². The maximum atomic E-state index is 11.8. The van der Waals surface area contributed by atoms with Crippen LogP contribution >= 0.6 is 15.9 Å². The van der Waals surface area contributed by atoms with E-state index in [1.165, 1.54) is 18.7 Å². The number of benzene rings is 1. The van der Waals surface area contributed by atoms with Gasteiger partial charge in [-0.25, -0.2) is 0 Å². The van der Waals surface area contributed by atoms with Crippen LogP contribution in [0.1, 0.15) is 48.7 Å². The van der Waals surface area contributed by atoms with Gasteiger partial charge in [-0.3, -0.25) is 14.3 Å². The molecular formula is C18H19BrN2O3. The lowest BCUT2D eigenvalue weighted by Crippen LogP contribution is -2.31. The summed E-state index contributed by atoms with van der Waals surface area (Å²) < 4.78 is 2.56. The molecule has 3 rings (SSSR count). The molecule has 1 fully saturated rings. The third-order valence-corrected chi connectivity index (χ3v) is 5.24. The van der Waals surface area contributed by atoms with E-state index in [0.29, 0.717) is 6.54 Å². The first-order chi connectivity index (χ1) is 11.4. The molecule has 2 aromatic rings. The van der Waals surface area contributed by atoms with E-state index in [2.05, 4.69) is 33.2 Å². The lowest BCUT2D eigenvalue weighted by Gasteiger charge is -2.30. The van der Waals surface area contributed by atoms with Crippen LogP contribution in [-0.4, -0.2) is 20.7 Å². The van der Waals surface area contributed by atoms with Crippen molar-refractivity contribution in [1.29, 1.82) is 0 Å². The van der Waals surface area contributed by atoms with Crippen molar-refractivity contribution in [2.45, 2.75) is 44.6 Å². The van der Waals surface area contributed by atoms with Crippen LogP contribution in [0, 0.1) is 0 Å². The Labute approximate surface area is 148 Å². The zero-order valence-electron chi connectivity index (χ0n) is 13.5. The Morgan fingerprint density at radius 3 is 2.71 bits per heavy atom. The second-order valence-corrected chi connectivity index (χ2v) is 7.36. The molecule has 1 saturated carbocycles. The van der Waals surface area contributed by atoms with E-state index < -0.39 is 17.0 Å². The van der Waals surface area contributed by atoms with Gasteiger partial charge in [-0.2, -0.15) is 5.10 Å². The first-order valence-corrected chi connectivity index (χ1v) is 8.78. The first kappa shape index (κ1) is 16.9. The number of ketones is 1. The summed E-state index contributed by atoms with van der Waals surface area (Å²) in [5.74, 6) is -0.870. The maximum absolute atomic E-state index is 11.8. The zero-order valence-corrected chi connectivity index (χ0v) is 15.0. The van der Waals surface area contributed by atoms with Gasteiger partial charge in [0.1, 0.15) is 0 Å². The van der Waals surface area contributed by atoms with Crippen LogP contribution in [0.4, 0.5) is 0 Å². The Morgan fingerprint density at radius 1 is 1.38 bits per heavy atom. The summed E-state index contributed by atoms with van der Waals surface area (Å²) in [6.07, 6.45) is 5.59. The van der Waals surface area contributed by atoms with Gasteiger partial charge in [-0.05, 0) is 30.5 Å². The highest BCUT2D eigenvalue weighted by Gasteiger charge is 2.36. The molecule has 24 heavy (non-hydrogen) atoms. The zero-order chi connectivity index (χ0) is 17.3. The van der Waals surface area contributed by atoms with Crippen LogP contribution in [0.25, 0.3) is 0 Å². The van der Waals surface area contributed by atoms with E-state index >= 15 is 0 Å². The van der Waals surface area contributed by atoms with E-state index in [4.69, 9.17) is 0 Å². The predicted octanol–water partition coefficient (Wildman–Crippen LogP) is 3.43. The van der Waals surface area contributed by atoms with Crippen molar-refractivity contribution in [1.82, 2.24) is 9.78 Å². The van der Waals surface area contributed by atoms with E-state index in [1.807, 2.05) is 12.1 Å². The van der Waals surface area contributed by atoms with E-state index in [9.17, 15) is 14.7 Å². The largest absolute Gasteiger partial charge is 0.503 e. The molecule has 1 aromatic heterocycles. The Balaban J connectivity index is 2.04. The van der Waals surface area contributed by atoms with Crippen molar-refractivity contribution < 1.29 is 9.90 Å². The molecule has 0 atom stereocenters. The van der Waals surface area contributed by atoms with Crippen molar-refractivity contribution >= 4 is 21.7 Å². The molecule has 0 saturated heterocycles. The van der Waals surface area contributed by atoms with Gasteiger partial charge in [0.2, 0.25) is 0 Å². The van der Waals surface area contributed by atoms with Crippen LogP contribution < -0.4 is 5.43 Å². The Hall–Kier alpha value is -1.95. The normalized spacial score (nSPS) is 16.2. The molecule has 0 unspecified atom stereocenters. The van der Waals surface area contributed by atoms with Crippen LogP contribution in [0.15, 0.2) is 39.7 Å². The lowest BCUT2D eigenvalue weighted by molar-refractivity contribution is 0.100. The Morgan fingerprint density at radius 2 is 2.08 bits per heavy atom. The van der Waals surface area contributed by atoms with Gasteiger partial charge in [-0.15, -0.1) is 0 Å². The van der Waals surface area contributed by atoms with Crippen LogP contribution in [0.2, 0.25) is 0 Å². The molecule has 1 aliphatic carbocycles. The Bertz CT molecular complexity index is 838. The number of carbonyl (C=O) groups is 1. The van der Waals surface area contributed by atoms with Gasteiger partial charge in [0.05, 0.1) is 12.7 Å². The van der Waals surface area contributed by atoms with Gasteiger partial charge < -0.3 is 5.11 Å². The number of halogens is 1. The molecule has 1 N–H and O–H groups in total. The molecular weight excluding hydrogens is 372 g/mol. The van der Waals surface area contributed by atoms with Crippen LogP contribution in [-0.2, 0) is 12.0 Å². The third kappa shape index (κ3) is 3.15. The summed E-state index contributed by atoms with van der Waals surface area (Å²) in [4.78, 5) is 23.5. The molecule has 1 aliphatic rings. The average Bonchev–Trinajstić information content (AvgIpc) is 3.00. The second kappa shape index (κ2) is 6.51. The number of carbonyl (C=O) groups excluding carboxylic acids is 1. The van der Waals surface area contributed by atoms with Gasteiger partial charge in [0.25, 0.3) is 5.43 Å². The molecule has 0 aliphatic heterocycles. The standard InChI is InChI=1S/C18H19BrN2O3/c1-12(22)16-17(24)15(23)10-21(20-16)11-18(7-2-3-8-18)13-5-4-6-14(19)9-13/h4-6,9-10,23H,2-3,7-8,11H2,1H3. The fourth-order valence-electron chi connectivity index (χ4n) is 3.55. The van der Waals surface area contributed by atoms with E-state index in [1.54, 1.807) is 4.68 Å². The predicted molar refractivity (Wildman–Crippen MR) is 94.5 cm³/mol. The third-order valence-electron chi connectivity index (χ3n) is 4.74. The SMILES string of the molecule is CC(=O)c1nn(CC2(c3cccc(Br)c3)CCCC2)cc(O)c1=O. The monoisotopic (exact) mass is 390 g/mol. The summed E-state index contributed by atoms with van der Waals surface area (Å²) in [5.41, 5.74) is 0.185. The second-order valence-electron chi connectivity index (χ2n) is 6.44. The highest BCUT2D eigenvalue weighted by molar-refractivity contribution is 9.10. The first-order valence-electron chi connectivity index (χ1n) is 7.99. The van der Waals surface area contributed by atoms with Gasteiger partial charge in [0.15, 0.2) is 17.2 Å². The summed E-state index contributed by atoms with van der Waals surface area (Å²) >= 11 is 3.52. The lowest BCUT2D eigenvalue weighted by atomic mass is 9.79. The minimum atomic E-state index is -0.707. The number of hydrogen-bond donors (Lipinski definition) is 1. The fraction of sp³-hybridized carbons (Fsp3) is 0.389. The number of Topliss-reactive ketones (excluding diaryl/α,β-unsaturated/α-hetero) is 1. The van der Waals surface area contributed by atoms with E-state index in [0.717, 1.165) is 30.2 Å². The minimum absolute atomic E-state index is 0.105. The van der Waals surface area contributed by atoms with Crippen molar-refractivity contribution in [3.8, 4) is 5.75 Å². The van der Waals surface area contributed by atoms with Gasteiger partial charge in [0, 0.05) is 16.8 Å². The van der Waals surface area contributed by atoms with Crippen LogP contribution in [0.3, 0.4) is 0 Å². The molecule has 0 spiro atoms. The molecule has 0 amide bonds. The topological polar surface area (TPSA) is 72.2 Å². The van der Waals surface area contributed by atoms with Crippen molar-refractivity contribution in [3.05, 3.63) is 56.4 Å². The highest BCUT2D eigenvalue weighted by atomic mass is 79.9. The summed E-state index contributed by atoms with van der Waals surface area (Å²) in [5, 5.41) is 14.0. The molecule has 1 heterocycles. The summed E-state index contributed by atoms with van der Waals surface area (Å²) in [7, 11) is 0. The smallest absolute Gasteiger partial charge is 0.252 e. The quantitative estimate of drug-likeness (QED) is 0.811. The highest BCUT2D eigenvalue weighted by Crippen LogP contribution is 2.43. The summed E-state index contributed by atoms with van der Waals surface area (Å²) in [6, 6.07) is 8.21. The molecule has 126 valence electrons. The summed E-state index contributed by atoms with van der Waals surface area (Å²) in [6.45, 7) is 1.81. The van der Waals surface area contributed by atoms with Crippen LogP contribution in [0.5, 0.6) is 5.75 Å². The van der Waals surface area contributed by atoms with E-state index in [-0.39, 0.29) is 11.1 Å².